The Bertz CT molecular complexity index is 654. The van der Waals surface area contributed by atoms with E-state index in [4.69, 9.17) is 9.15 Å². The van der Waals surface area contributed by atoms with Crippen molar-refractivity contribution in [1.82, 2.24) is 0 Å². The number of furan rings is 1. The highest BCUT2D eigenvalue weighted by molar-refractivity contribution is 6.05. The van der Waals surface area contributed by atoms with Gasteiger partial charge in [-0.1, -0.05) is 18.2 Å². The van der Waals surface area contributed by atoms with Crippen molar-refractivity contribution in [2.45, 2.75) is 0 Å². The van der Waals surface area contributed by atoms with Gasteiger partial charge in [0, 0.05) is 0 Å². The maximum atomic E-state index is 11.7. The second-order valence-corrected chi connectivity index (χ2v) is 3.87. The lowest BCUT2D eigenvalue weighted by Gasteiger charge is -1.98. The fourth-order valence-corrected chi connectivity index (χ4v) is 1.53. The van der Waals surface area contributed by atoms with Crippen molar-refractivity contribution < 1.29 is 18.9 Å². The van der Waals surface area contributed by atoms with Crippen LogP contribution in [0.2, 0.25) is 0 Å². The van der Waals surface area contributed by atoms with E-state index < -0.39 is 16.6 Å². The molecule has 0 fully saturated rings. The molecule has 0 N–H and O–H groups in total. The Labute approximate surface area is 114 Å². The van der Waals surface area contributed by atoms with Crippen molar-refractivity contribution in [3.05, 3.63) is 63.9 Å². The maximum absolute atomic E-state index is 11.7. The first kappa shape index (κ1) is 13.5. The molecule has 0 amide bonds. The molecule has 0 aliphatic carbocycles. The Morgan fingerprint density at radius 1 is 1.25 bits per heavy atom. The molecule has 0 aliphatic heterocycles. The Balaban J connectivity index is 2.09. The van der Waals surface area contributed by atoms with Crippen LogP contribution in [0.1, 0.15) is 16.1 Å². The summed E-state index contributed by atoms with van der Waals surface area (Å²) in [5.74, 6) is -0.239. The van der Waals surface area contributed by atoms with Crippen molar-refractivity contribution in [1.29, 1.82) is 0 Å². The van der Waals surface area contributed by atoms with Crippen molar-refractivity contribution >= 4 is 17.7 Å². The number of allylic oxidation sites excluding steroid dienone is 1. The lowest BCUT2D eigenvalue weighted by atomic mass is 10.2. The van der Waals surface area contributed by atoms with Crippen LogP contribution in [-0.4, -0.2) is 17.8 Å². The van der Waals surface area contributed by atoms with E-state index in [-0.39, 0.29) is 5.76 Å². The summed E-state index contributed by atoms with van der Waals surface area (Å²) in [7, 11) is 1.57. The van der Waals surface area contributed by atoms with Gasteiger partial charge in [-0.25, -0.2) is 0 Å². The van der Waals surface area contributed by atoms with Crippen LogP contribution in [-0.2, 0) is 0 Å². The average molecular weight is 273 g/mol. The van der Waals surface area contributed by atoms with Crippen LogP contribution in [0.3, 0.4) is 0 Å². The molecule has 0 radical (unpaired) electrons. The van der Waals surface area contributed by atoms with Gasteiger partial charge in [-0.3, -0.25) is 14.9 Å². The van der Waals surface area contributed by atoms with E-state index in [1.807, 2.05) is 0 Å². The second-order valence-electron chi connectivity index (χ2n) is 3.87. The molecule has 1 aromatic heterocycles. The first-order valence-corrected chi connectivity index (χ1v) is 5.71. The number of ketones is 1. The number of carbonyl (C=O) groups excluding carboxylic acids is 1. The molecular weight excluding hydrogens is 262 g/mol. The van der Waals surface area contributed by atoms with Crippen molar-refractivity contribution in [3.63, 3.8) is 0 Å². The molecule has 20 heavy (non-hydrogen) atoms. The zero-order valence-electron chi connectivity index (χ0n) is 10.6. The summed E-state index contributed by atoms with van der Waals surface area (Å²) in [6.45, 7) is 0. The molecule has 6 nitrogen and oxygen atoms in total. The van der Waals surface area contributed by atoms with Gasteiger partial charge in [0.25, 0.3) is 0 Å². The van der Waals surface area contributed by atoms with Crippen LogP contribution in [0.5, 0.6) is 5.75 Å². The molecule has 0 atom stereocenters. The van der Waals surface area contributed by atoms with Gasteiger partial charge in [0.1, 0.15) is 10.7 Å². The number of hydrogen-bond donors (Lipinski definition) is 0. The molecular formula is C14H11NO5. The third kappa shape index (κ3) is 3.11. The van der Waals surface area contributed by atoms with Gasteiger partial charge >= 0.3 is 5.88 Å². The van der Waals surface area contributed by atoms with Gasteiger partial charge in [-0.15, -0.1) is 0 Å². The minimum absolute atomic E-state index is 0.0681. The molecule has 1 aromatic carbocycles. The normalized spacial score (nSPS) is 10.7. The lowest BCUT2D eigenvalue weighted by Crippen LogP contribution is -1.91. The van der Waals surface area contributed by atoms with E-state index in [0.29, 0.717) is 0 Å². The fraction of sp³-hybridized carbons (Fsp3) is 0.0714. The van der Waals surface area contributed by atoms with E-state index in [1.165, 1.54) is 12.1 Å². The first-order valence-electron chi connectivity index (χ1n) is 5.71. The molecule has 0 spiro atoms. The molecule has 102 valence electrons. The molecule has 2 rings (SSSR count). The minimum Gasteiger partial charge on any atom is -0.497 e. The van der Waals surface area contributed by atoms with Gasteiger partial charge in [-0.2, -0.15) is 0 Å². The largest absolute Gasteiger partial charge is 0.497 e. The number of nitrogens with zero attached hydrogens (tertiary/aromatic N) is 1. The van der Waals surface area contributed by atoms with Gasteiger partial charge in [0.15, 0.2) is 5.76 Å². The number of rotatable bonds is 5. The monoisotopic (exact) mass is 273 g/mol. The van der Waals surface area contributed by atoms with Crippen molar-refractivity contribution in [3.8, 4) is 5.75 Å². The summed E-state index contributed by atoms with van der Waals surface area (Å²) < 4.78 is 9.83. The highest BCUT2D eigenvalue weighted by atomic mass is 16.6. The van der Waals surface area contributed by atoms with Crippen molar-refractivity contribution in [2.75, 3.05) is 7.11 Å². The zero-order valence-corrected chi connectivity index (χ0v) is 10.6. The Morgan fingerprint density at radius 3 is 2.50 bits per heavy atom. The van der Waals surface area contributed by atoms with Crippen LogP contribution < -0.4 is 4.74 Å². The quantitative estimate of drug-likeness (QED) is 0.362. The van der Waals surface area contributed by atoms with E-state index in [9.17, 15) is 14.9 Å². The smallest absolute Gasteiger partial charge is 0.433 e. The predicted molar refractivity (Wildman–Crippen MR) is 71.7 cm³/mol. The van der Waals surface area contributed by atoms with Crippen LogP contribution in [0, 0.1) is 10.1 Å². The number of methoxy groups -OCH3 is 1. The van der Waals surface area contributed by atoms with E-state index in [2.05, 4.69) is 0 Å². The summed E-state index contributed by atoms with van der Waals surface area (Å²) in [6, 6.07) is 9.53. The fourth-order valence-electron chi connectivity index (χ4n) is 1.53. The highest BCUT2D eigenvalue weighted by Gasteiger charge is 2.15. The standard InChI is InChI=1S/C14H11NO5/c1-19-11-5-2-10(3-6-11)4-7-12(16)13-8-9-14(20-13)15(17)18/h2-9H,1H3/b7-4+. The summed E-state index contributed by atoms with van der Waals surface area (Å²) in [4.78, 5) is 21.5. The van der Waals surface area contributed by atoms with Gasteiger partial charge < -0.3 is 9.15 Å². The minimum atomic E-state index is -0.691. The molecule has 6 heteroatoms. The molecule has 0 bridgehead atoms. The van der Waals surface area contributed by atoms with E-state index in [1.54, 1.807) is 37.5 Å². The number of carbonyl (C=O) groups is 1. The molecule has 2 aromatic rings. The highest BCUT2D eigenvalue weighted by Crippen LogP contribution is 2.17. The summed E-state index contributed by atoms with van der Waals surface area (Å²) in [5.41, 5.74) is 0.806. The molecule has 0 saturated heterocycles. The van der Waals surface area contributed by atoms with Gasteiger partial charge in [0.05, 0.1) is 13.2 Å². The van der Waals surface area contributed by atoms with E-state index >= 15 is 0 Å². The van der Waals surface area contributed by atoms with Crippen molar-refractivity contribution in [2.24, 2.45) is 0 Å². The van der Waals surface area contributed by atoms with Crippen LogP contribution in [0.25, 0.3) is 6.08 Å². The third-order valence-electron chi connectivity index (χ3n) is 2.56. The molecule has 1 heterocycles. The summed E-state index contributed by atoms with van der Waals surface area (Å²) in [5, 5.41) is 10.4. The Morgan fingerprint density at radius 2 is 1.95 bits per heavy atom. The maximum Gasteiger partial charge on any atom is 0.433 e. The molecule has 0 aliphatic rings. The average Bonchev–Trinajstić information content (AvgIpc) is 2.95. The van der Waals surface area contributed by atoms with Crippen LogP contribution in [0.4, 0.5) is 5.88 Å². The first-order chi connectivity index (χ1) is 9.60. The number of ether oxygens (including phenoxy) is 1. The lowest BCUT2D eigenvalue weighted by molar-refractivity contribution is -0.402. The number of benzene rings is 1. The van der Waals surface area contributed by atoms with Crippen LogP contribution in [0.15, 0.2) is 46.9 Å². The topological polar surface area (TPSA) is 82.6 Å². The van der Waals surface area contributed by atoms with Gasteiger partial charge in [0.2, 0.25) is 5.78 Å². The Kier molecular flexibility index (Phi) is 3.95. The molecule has 0 saturated carbocycles. The second kappa shape index (κ2) is 5.83. The number of hydrogen-bond acceptors (Lipinski definition) is 5. The predicted octanol–water partition coefficient (Wildman–Crippen LogP) is 3.09. The third-order valence-corrected chi connectivity index (χ3v) is 2.56. The summed E-state index contributed by atoms with van der Waals surface area (Å²) >= 11 is 0. The molecule has 0 unspecified atom stereocenters. The van der Waals surface area contributed by atoms with E-state index in [0.717, 1.165) is 17.4 Å². The van der Waals surface area contributed by atoms with Crippen LogP contribution >= 0.6 is 0 Å². The zero-order chi connectivity index (χ0) is 14.5. The summed E-state index contributed by atoms with van der Waals surface area (Å²) in [6.07, 6.45) is 2.89. The van der Waals surface area contributed by atoms with Gasteiger partial charge in [-0.05, 0) is 29.8 Å². The SMILES string of the molecule is COc1ccc(/C=C/C(=O)c2ccc([N+](=O)[O-])o2)cc1. The Hall–Kier alpha value is -2.89. The number of nitro groups is 1.